The van der Waals surface area contributed by atoms with Gasteiger partial charge in [0.2, 0.25) is 0 Å². The average molecular weight is 293 g/mol. The van der Waals surface area contributed by atoms with E-state index in [0.717, 1.165) is 0 Å². The zero-order valence-electron chi connectivity index (χ0n) is 10.7. The zero-order chi connectivity index (χ0) is 14.7. The van der Waals surface area contributed by atoms with Crippen LogP contribution >= 0.6 is 11.6 Å². The molecular weight excluding hydrogens is 280 g/mol. The van der Waals surface area contributed by atoms with Crippen LogP contribution in [0.4, 0.5) is 11.4 Å². The number of carbonyl (C=O) groups excluding carboxylic acids is 1. The van der Waals surface area contributed by atoms with E-state index in [9.17, 15) is 9.90 Å². The molecule has 5 nitrogen and oxygen atoms in total. The number of methoxy groups -OCH3 is 1. The van der Waals surface area contributed by atoms with Crippen molar-refractivity contribution in [1.82, 2.24) is 0 Å². The van der Waals surface area contributed by atoms with E-state index in [0.29, 0.717) is 22.1 Å². The molecule has 20 heavy (non-hydrogen) atoms. The van der Waals surface area contributed by atoms with Gasteiger partial charge in [0, 0.05) is 5.69 Å². The van der Waals surface area contributed by atoms with Crippen LogP contribution < -0.4 is 15.8 Å². The van der Waals surface area contributed by atoms with Crippen LogP contribution in [0.5, 0.6) is 11.5 Å². The molecule has 0 bridgehead atoms. The Morgan fingerprint density at radius 1 is 1.30 bits per heavy atom. The highest BCUT2D eigenvalue weighted by Gasteiger charge is 2.14. The molecule has 6 heteroatoms. The van der Waals surface area contributed by atoms with Crippen molar-refractivity contribution in [3.05, 3.63) is 47.0 Å². The molecule has 2 aromatic rings. The van der Waals surface area contributed by atoms with Crippen molar-refractivity contribution in [1.29, 1.82) is 0 Å². The number of phenols is 1. The van der Waals surface area contributed by atoms with Crippen molar-refractivity contribution in [3.8, 4) is 11.5 Å². The fourth-order valence-electron chi connectivity index (χ4n) is 1.65. The molecule has 104 valence electrons. The highest BCUT2D eigenvalue weighted by atomic mass is 35.5. The number of nitrogens with one attached hydrogen (secondary N) is 1. The summed E-state index contributed by atoms with van der Waals surface area (Å²) in [5.41, 5.74) is 6.57. The van der Waals surface area contributed by atoms with Crippen LogP contribution in [-0.4, -0.2) is 18.1 Å². The number of carbonyl (C=O) groups is 1. The molecule has 0 aromatic heterocycles. The maximum absolute atomic E-state index is 12.1. The van der Waals surface area contributed by atoms with Crippen LogP contribution in [0, 0.1) is 0 Å². The van der Waals surface area contributed by atoms with Gasteiger partial charge in [0.1, 0.15) is 11.5 Å². The van der Waals surface area contributed by atoms with E-state index in [1.54, 1.807) is 18.2 Å². The van der Waals surface area contributed by atoms with Crippen LogP contribution in [0.3, 0.4) is 0 Å². The smallest absolute Gasteiger partial charge is 0.259 e. The van der Waals surface area contributed by atoms with Gasteiger partial charge in [0.05, 0.1) is 23.4 Å². The van der Waals surface area contributed by atoms with Gasteiger partial charge in [-0.1, -0.05) is 11.6 Å². The number of rotatable bonds is 3. The first kappa shape index (κ1) is 14.0. The lowest BCUT2D eigenvalue weighted by molar-refractivity contribution is 0.102. The third-order valence-corrected chi connectivity index (χ3v) is 3.02. The highest BCUT2D eigenvalue weighted by molar-refractivity contribution is 6.34. The van der Waals surface area contributed by atoms with E-state index >= 15 is 0 Å². The molecule has 0 spiro atoms. The predicted molar refractivity (Wildman–Crippen MR) is 78.5 cm³/mol. The summed E-state index contributed by atoms with van der Waals surface area (Å²) in [5, 5.41) is 12.7. The van der Waals surface area contributed by atoms with Crippen molar-refractivity contribution in [3.63, 3.8) is 0 Å². The number of nitrogen functional groups attached to an aromatic ring is 1. The molecule has 2 aromatic carbocycles. The normalized spacial score (nSPS) is 10.1. The third-order valence-electron chi connectivity index (χ3n) is 2.69. The lowest BCUT2D eigenvalue weighted by atomic mass is 10.1. The van der Waals surface area contributed by atoms with Crippen LogP contribution in [0.25, 0.3) is 0 Å². The number of phenolic OH excluding ortho intramolecular Hbond substituents is 1. The number of anilines is 2. The largest absolute Gasteiger partial charge is 0.507 e. The molecule has 1 amide bonds. The highest BCUT2D eigenvalue weighted by Crippen LogP contribution is 2.27. The Morgan fingerprint density at radius 2 is 2.05 bits per heavy atom. The molecule has 4 N–H and O–H groups in total. The van der Waals surface area contributed by atoms with Crippen molar-refractivity contribution >= 4 is 28.9 Å². The fraction of sp³-hybridized carbons (Fsp3) is 0.0714. The monoisotopic (exact) mass is 292 g/mol. The van der Waals surface area contributed by atoms with Gasteiger partial charge in [0.15, 0.2) is 0 Å². The van der Waals surface area contributed by atoms with Crippen molar-refractivity contribution in [2.45, 2.75) is 0 Å². The summed E-state index contributed by atoms with van der Waals surface area (Å²) >= 11 is 5.97. The first-order valence-electron chi connectivity index (χ1n) is 5.74. The maximum Gasteiger partial charge on any atom is 0.259 e. The zero-order valence-corrected chi connectivity index (χ0v) is 11.4. The van der Waals surface area contributed by atoms with E-state index < -0.39 is 5.91 Å². The van der Waals surface area contributed by atoms with E-state index in [1.807, 2.05) is 0 Å². The number of ether oxygens (including phenoxy) is 1. The first-order chi connectivity index (χ1) is 9.51. The molecule has 0 aliphatic carbocycles. The van der Waals surface area contributed by atoms with Gasteiger partial charge in [-0.25, -0.2) is 0 Å². The van der Waals surface area contributed by atoms with Gasteiger partial charge >= 0.3 is 0 Å². The van der Waals surface area contributed by atoms with E-state index in [-0.39, 0.29) is 11.3 Å². The van der Waals surface area contributed by atoms with Crippen molar-refractivity contribution < 1.29 is 14.6 Å². The van der Waals surface area contributed by atoms with Gasteiger partial charge in [0.25, 0.3) is 5.91 Å². The fourth-order valence-corrected chi connectivity index (χ4v) is 1.82. The molecule has 2 rings (SSSR count). The van der Waals surface area contributed by atoms with Crippen LogP contribution in [0.2, 0.25) is 5.02 Å². The first-order valence-corrected chi connectivity index (χ1v) is 6.12. The average Bonchev–Trinajstić information content (AvgIpc) is 2.43. The minimum atomic E-state index is -0.506. The summed E-state index contributed by atoms with van der Waals surface area (Å²) in [6.45, 7) is 0. The number of hydrogen-bond acceptors (Lipinski definition) is 4. The minimum Gasteiger partial charge on any atom is -0.507 e. The van der Waals surface area contributed by atoms with E-state index in [1.165, 1.54) is 25.3 Å². The summed E-state index contributed by atoms with van der Waals surface area (Å²) in [6.07, 6.45) is 0. The van der Waals surface area contributed by atoms with Gasteiger partial charge in [-0.15, -0.1) is 0 Å². The summed E-state index contributed by atoms with van der Waals surface area (Å²) in [5.74, 6) is -0.191. The maximum atomic E-state index is 12.1. The Balaban J connectivity index is 2.30. The number of nitrogens with two attached hydrogens (primary N) is 1. The molecule has 0 saturated heterocycles. The Hall–Kier alpha value is -2.40. The second kappa shape index (κ2) is 5.71. The number of amides is 1. The number of aromatic hydroxyl groups is 1. The SMILES string of the molecule is COc1ccc(O)c(C(=O)Nc2cc(N)ccc2Cl)c1. The second-order valence-electron chi connectivity index (χ2n) is 4.08. The molecule has 0 aliphatic heterocycles. The molecule has 0 unspecified atom stereocenters. The second-order valence-corrected chi connectivity index (χ2v) is 4.48. The molecule has 0 atom stereocenters. The summed E-state index contributed by atoms with van der Waals surface area (Å²) in [6, 6.07) is 9.12. The van der Waals surface area contributed by atoms with Gasteiger partial charge < -0.3 is 20.9 Å². The minimum absolute atomic E-state index is 0.0860. The van der Waals surface area contributed by atoms with E-state index in [2.05, 4.69) is 5.32 Å². The predicted octanol–water partition coefficient (Wildman–Crippen LogP) is 2.89. The standard InChI is InChI=1S/C14H13ClN2O3/c1-20-9-3-5-13(18)10(7-9)14(19)17-12-6-8(16)2-4-11(12)15/h2-7,18H,16H2,1H3,(H,17,19). The van der Waals surface area contributed by atoms with Crippen LogP contribution in [0.1, 0.15) is 10.4 Å². The lowest BCUT2D eigenvalue weighted by Gasteiger charge is -2.10. The van der Waals surface area contributed by atoms with Crippen molar-refractivity contribution in [2.24, 2.45) is 0 Å². The molecule has 0 fully saturated rings. The quantitative estimate of drug-likeness (QED) is 0.759. The Labute approximate surface area is 120 Å². The molecule has 0 radical (unpaired) electrons. The summed E-state index contributed by atoms with van der Waals surface area (Å²) in [7, 11) is 1.48. The number of hydrogen-bond donors (Lipinski definition) is 3. The molecule has 0 heterocycles. The lowest BCUT2D eigenvalue weighted by Crippen LogP contribution is -2.12. The number of benzene rings is 2. The van der Waals surface area contributed by atoms with Crippen LogP contribution in [0.15, 0.2) is 36.4 Å². The third kappa shape index (κ3) is 2.95. The topological polar surface area (TPSA) is 84.6 Å². The molecular formula is C14H13ClN2O3. The van der Waals surface area contributed by atoms with E-state index in [4.69, 9.17) is 22.1 Å². The van der Waals surface area contributed by atoms with Crippen LogP contribution in [-0.2, 0) is 0 Å². The van der Waals surface area contributed by atoms with Gasteiger partial charge in [-0.05, 0) is 36.4 Å². The summed E-state index contributed by atoms with van der Waals surface area (Å²) in [4.78, 5) is 12.1. The molecule has 0 saturated carbocycles. The van der Waals surface area contributed by atoms with Gasteiger partial charge in [-0.2, -0.15) is 0 Å². The summed E-state index contributed by atoms with van der Waals surface area (Å²) < 4.78 is 5.02. The molecule has 0 aliphatic rings. The Kier molecular flexibility index (Phi) is 4.00. The van der Waals surface area contributed by atoms with Crippen molar-refractivity contribution in [2.75, 3.05) is 18.2 Å². The Bertz CT molecular complexity index is 659. The number of halogens is 1. The van der Waals surface area contributed by atoms with Gasteiger partial charge in [-0.3, -0.25) is 4.79 Å². The Morgan fingerprint density at radius 3 is 2.75 bits per heavy atom.